The number of nitrogens with two attached hydrogens (primary N) is 1. The minimum absolute atomic E-state index is 0.0384. The van der Waals surface area contributed by atoms with E-state index in [-0.39, 0.29) is 26.9 Å². The van der Waals surface area contributed by atoms with Gasteiger partial charge in [-0.05, 0) is 102 Å². The number of nitrogens with zero attached hydrogens (tertiary/aromatic N) is 3. The third kappa shape index (κ3) is 13.8. The van der Waals surface area contributed by atoms with Crippen molar-refractivity contribution in [3.05, 3.63) is 107 Å². The molecule has 0 unspecified atom stereocenters. The number of hydrogen-bond acceptors (Lipinski definition) is 15. The van der Waals surface area contributed by atoms with E-state index in [1.54, 1.807) is 78.1 Å². The van der Waals surface area contributed by atoms with Gasteiger partial charge >= 0.3 is 0 Å². The van der Waals surface area contributed by atoms with Crippen molar-refractivity contribution >= 4 is 85.5 Å². The van der Waals surface area contributed by atoms with Crippen LogP contribution in [0.5, 0.6) is 0 Å². The maximum atomic E-state index is 13.2. The van der Waals surface area contributed by atoms with E-state index in [0.29, 0.717) is 42.1 Å². The fourth-order valence-corrected chi connectivity index (χ4v) is 12.3. The number of thiazole rings is 2. The van der Waals surface area contributed by atoms with Gasteiger partial charge in [-0.25, -0.2) is 53.1 Å². The summed E-state index contributed by atoms with van der Waals surface area (Å²) in [5.74, 6) is 0. The first-order valence-corrected chi connectivity index (χ1v) is 27.1. The Kier molecular flexibility index (Phi) is 14.5. The van der Waals surface area contributed by atoms with Gasteiger partial charge in [-0.3, -0.25) is 19.6 Å². The molecule has 64 heavy (non-hydrogen) atoms. The number of nitrogens with one attached hydrogen (secondary N) is 4. The number of nitro benzene ring substituents is 1. The number of aromatic nitrogens is 2. The van der Waals surface area contributed by atoms with Gasteiger partial charge in [0, 0.05) is 74.9 Å². The molecule has 6 rings (SSSR count). The Morgan fingerprint density at radius 1 is 0.578 bits per heavy atom. The van der Waals surface area contributed by atoms with Crippen LogP contribution in [0.3, 0.4) is 0 Å². The Balaban J connectivity index is 0.000000241. The van der Waals surface area contributed by atoms with Crippen LogP contribution in [0.4, 0.5) is 22.7 Å². The summed E-state index contributed by atoms with van der Waals surface area (Å²) >= 11 is 2.54. The van der Waals surface area contributed by atoms with Crippen LogP contribution in [0.15, 0.2) is 107 Å². The normalized spacial score (nSPS) is 12.6. The van der Waals surface area contributed by atoms with Gasteiger partial charge in [-0.15, -0.1) is 22.7 Å². The molecule has 0 fully saturated rings. The number of benzene rings is 4. The number of hydrogen-bond donors (Lipinski definition) is 5. The molecule has 0 saturated carbocycles. The molecule has 342 valence electrons. The largest absolute Gasteiger partial charge is 0.399 e. The maximum absolute atomic E-state index is 13.2. The van der Waals surface area contributed by atoms with Gasteiger partial charge in [0.1, 0.15) is 10.0 Å². The highest BCUT2D eigenvalue weighted by molar-refractivity contribution is 7.92. The minimum Gasteiger partial charge on any atom is -0.399 e. The number of sulfonamides is 4. The van der Waals surface area contributed by atoms with Gasteiger partial charge < -0.3 is 5.73 Å². The fourth-order valence-electron chi connectivity index (χ4n) is 5.78. The second-order valence-electron chi connectivity index (χ2n) is 16.4. The summed E-state index contributed by atoms with van der Waals surface area (Å²) in [6, 6.07) is 21.7. The van der Waals surface area contributed by atoms with Crippen LogP contribution < -0.4 is 24.6 Å². The highest BCUT2D eigenvalue weighted by Crippen LogP contribution is 2.39. The SMILES string of the molecule is CC(C)(C)NS(=O)(=O)c1cc(NS(C)(=O)=O)ccc1-c1cnc(-c2ccc(N)cc2)s1.CC(C)(C)NS(=O)(=O)c1cc(NS(C)(=O)=O)ccc1-c1cnc(-c2ccc([N+](=O)[O-])cc2)s1. The summed E-state index contributed by atoms with van der Waals surface area (Å²) in [6.07, 6.45) is 5.09. The molecule has 6 aromatic rings. The van der Waals surface area contributed by atoms with Gasteiger partial charge in [0.25, 0.3) is 5.69 Å². The lowest BCUT2D eigenvalue weighted by atomic mass is 10.1. The van der Waals surface area contributed by atoms with Crippen molar-refractivity contribution in [2.75, 3.05) is 27.7 Å². The van der Waals surface area contributed by atoms with E-state index in [4.69, 9.17) is 5.73 Å². The van der Waals surface area contributed by atoms with E-state index in [1.165, 1.54) is 71.3 Å². The first-order chi connectivity index (χ1) is 29.4. The van der Waals surface area contributed by atoms with Crippen molar-refractivity contribution in [3.8, 4) is 42.0 Å². The van der Waals surface area contributed by atoms with E-state index in [1.807, 2.05) is 12.1 Å². The molecule has 0 atom stereocenters. The Hall–Kier alpha value is -5.34. The number of nitrogen functional groups attached to an aromatic ring is 1. The fraction of sp³-hybridized carbons (Fsp3) is 0.250. The van der Waals surface area contributed by atoms with Crippen LogP contribution in [-0.4, -0.2) is 72.2 Å². The predicted molar refractivity (Wildman–Crippen MR) is 254 cm³/mol. The average molecular weight is 991 g/mol. The lowest BCUT2D eigenvalue weighted by molar-refractivity contribution is -0.384. The zero-order chi connectivity index (χ0) is 47.6. The van der Waals surface area contributed by atoms with E-state index in [9.17, 15) is 43.8 Å². The van der Waals surface area contributed by atoms with Crippen molar-refractivity contribution in [3.63, 3.8) is 0 Å². The van der Waals surface area contributed by atoms with Crippen LogP contribution in [-0.2, 0) is 40.1 Å². The van der Waals surface area contributed by atoms with Crippen molar-refractivity contribution in [1.82, 2.24) is 19.4 Å². The lowest BCUT2D eigenvalue weighted by Gasteiger charge is -2.22. The van der Waals surface area contributed by atoms with E-state index in [0.717, 1.165) is 18.1 Å². The molecule has 0 aliphatic carbocycles. The molecular formula is C40H46N8O10S6. The van der Waals surface area contributed by atoms with Crippen molar-refractivity contribution in [1.29, 1.82) is 0 Å². The smallest absolute Gasteiger partial charge is 0.269 e. The molecule has 0 radical (unpaired) electrons. The molecule has 18 nitrogen and oxygen atoms in total. The quantitative estimate of drug-likeness (QED) is 0.0431. The first-order valence-electron chi connectivity index (χ1n) is 18.7. The van der Waals surface area contributed by atoms with Crippen LogP contribution in [0, 0.1) is 10.1 Å². The van der Waals surface area contributed by atoms with Crippen LogP contribution >= 0.6 is 22.7 Å². The van der Waals surface area contributed by atoms with Gasteiger partial charge in [0.05, 0.1) is 37.0 Å². The third-order valence-corrected chi connectivity index (χ3v) is 15.0. The molecule has 24 heteroatoms. The van der Waals surface area contributed by atoms with Crippen LogP contribution in [0.2, 0.25) is 0 Å². The van der Waals surface area contributed by atoms with E-state index >= 15 is 0 Å². The molecular weight excluding hydrogens is 945 g/mol. The number of nitro groups is 1. The number of non-ortho nitro benzene ring substituents is 1. The summed E-state index contributed by atoms with van der Waals surface area (Å²) in [5.41, 5.74) is 7.37. The molecule has 0 saturated heterocycles. The predicted octanol–water partition coefficient (Wildman–Crippen LogP) is 7.34. The lowest BCUT2D eigenvalue weighted by Crippen LogP contribution is -2.40. The first kappa shape index (κ1) is 49.7. The van der Waals surface area contributed by atoms with Gasteiger partial charge in [-0.1, -0.05) is 12.1 Å². The average Bonchev–Trinajstić information content (AvgIpc) is 3.84. The zero-order valence-electron chi connectivity index (χ0n) is 35.7. The van der Waals surface area contributed by atoms with E-state index < -0.39 is 56.1 Å². The zero-order valence-corrected chi connectivity index (χ0v) is 40.6. The minimum atomic E-state index is -4.03. The molecule has 0 bridgehead atoms. The topological polar surface area (TPSA) is 280 Å². The standard InChI is InChI=1S/C20H22N4O6S3.C20H24N4O4S3/c1-20(2,3)23-33(29,30)18-11-14(22-32(4,27)28)7-10-16(18)17-12-21-19(31-17)13-5-8-15(9-6-13)24(25)26;1-20(2,3)24-31(27,28)18-11-15(23-30(4,25)26)9-10-16(18)17-12-22-19(29-17)13-5-7-14(21)8-6-13/h5-12,22-23H,1-4H3;5-12,23-24H,21H2,1-4H3. The molecule has 0 aliphatic rings. The molecule has 4 aromatic carbocycles. The highest BCUT2D eigenvalue weighted by Gasteiger charge is 2.28. The molecule has 0 spiro atoms. The molecule has 2 aromatic heterocycles. The summed E-state index contributed by atoms with van der Waals surface area (Å²) in [6.45, 7) is 10.3. The van der Waals surface area contributed by atoms with Gasteiger partial charge in [0.2, 0.25) is 40.1 Å². The van der Waals surface area contributed by atoms with E-state index in [2.05, 4.69) is 28.9 Å². The van der Waals surface area contributed by atoms with Crippen LogP contribution in [0.25, 0.3) is 42.0 Å². The summed E-state index contributed by atoms with van der Waals surface area (Å²) < 4.78 is 109. The molecule has 0 aliphatic heterocycles. The second-order valence-corrected chi connectivity index (χ2v) is 25.2. The maximum Gasteiger partial charge on any atom is 0.269 e. The summed E-state index contributed by atoms with van der Waals surface area (Å²) in [5, 5.41) is 12.1. The third-order valence-electron chi connectivity index (χ3n) is 8.05. The Bertz CT molecular complexity index is 3140. The number of rotatable bonds is 13. The van der Waals surface area contributed by atoms with Crippen molar-refractivity contribution in [2.45, 2.75) is 62.4 Å². The van der Waals surface area contributed by atoms with Gasteiger partial charge in [-0.2, -0.15) is 0 Å². The highest BCUT2D eigenvalue weighted by atomic mass is 32.2. The molecule has 0 amide bonds. The van der Waals surface area contributed by atoms with Gasteiger partial charge in [0.15, 0.2) is 0 Å². The molecule has 2 heterocycles. The Morgan fingerprint density at radius 2 is 0.938 bits per heavy atom. The second kappa shape index (κ2) is 18.6. The van der Waals surface area contributed by atoms with Crippen molar-refractivity contribution < 1.29 is 38.6 Å². The Labute approximate surface area is 380 Å². The molecule has 6 N–H and O–H groups in total. The Morgan fingerprint density at radius 3 is 1.27 bits per heavy atom. The number of anilines is 3. The summed E-state index contributed by atoms with van der Waals surface area (Å²) in [7, 11) is -15.2. The summed E-state index contributed by atoms with van der Waals surface area (Å²) in [4.78, 5) is 20.2. The monoisotopic (exact) mass is 990 g/mol. The van der Waals surface area contributed by atoms with Crippen molar-refractivity contribution in [2.24, 2.45) is 0 Å². The van der Waals surface area contributed by atoms with Crippen LogP contribution in [0.1, 0.15) is 41.5 Å².